The van der Waals surface area contributed by atoms with E-state index < -0.39 is 0 Å². The van der Waals surface area contributed by atoms with Crippen LogP contribution in [0.2, 0.25) is 0 Å². The molecule has 41 heavy (non-hydrogen) atoms. The molecule has 0 bridgehead atoms. The van der Waals surface area contributed by atoms with Gasteiger partial charge in [0.2, 0.25) is 0 Å². The molecular weight excluding hydrogens is 500 g/mol. The van der Waals surface area contributed by atoms with Crippen LogP contribution in [0.15, 0.2) is 138 Å². The number of nitrogens with zero attached hydrogens (tertiary/aromatic N) is 4. The third kappa shape index (κ3) is 4.50. The van der Waals surface area contributed by atoms with Crippen molar-refractivity contribution < 1.29 is 0 Å². The van der Waals surface area contributed by atoms with E-state index in [1.54, 1.807) is 0 Å². The molecule has 0 saturated carbocycles. The fourth-order valence-corrected chi connectivity index (χ4v) is 5.52. The number of para-hydroxylation sites is 1. The van der Waals surface area contributed by atoms with E-state index in [9.17, 15) is 0 Å². The monoisotopic (exact) mass is 528 g/mol. The standard InChI is InChI=1S/C37H28N4/c1-25-32(38-26(2)27-14-6-3-7-15-27)23-22-31-30-20-12-13-21-34(30)41(36(25)31)35-24-33(28-16-8-4-9-17-28)39-37(40-35)29-18-10-5-11-19-29/h3-24H,1-2H3. The number of fused-ring (bicyclic) bond motifs is 3. The highest BCUT2D eigenvalue weighted by atomic mass is 15.1. The van der Waals surface area contributed by atoms with Crippen molar-refractivity contribution in [2.24, 2.45) is 4.99 Å². The van der Waals surface area contributed by atoms with Crippen LogP contribution in [0.5, 0.6) is 0 Å². The average Bonchev–Trinajstić information content (AvgIpc) is 3.38. The molecule has 0 unspecified atom stereocenters. The van der Waals surface area contributed by atoms with Crippen LogP contribution >= 0.6 is 0 Å². The Morgan fingerprint density at radius 1 is 0.634 bits per heavy atom. The summed E-state index contributed by atoms with van der Waals surface area (Å²) in [4.78, 5) is 15.3. The van der Waals surface area contributed by atoms with Crippen molar-refractivity contribution in [3.63, 3.8) is 0 Å². The summed E-state index contributed by atoms with van der Waals surface area (Å²) in [6.45, 7) is 4.23. The van der Waals surface area contributed by atoms with Crippen molar-refractivity contribution in [1.82, 2.24) is 14.5 Å². The lowest BCUT2D eigenvalue weighted by Crippen LogP contribution is -2.03. The molecule has 0 aliphatic heterocycles. The Bertz CT molecular complexity index is 1980. The molecule has 0 amide bonds. The van der Waals surface area contributed by atoms with Gasteiger partial charge in [0.25, 0.3) is 0 Å². The summed E-state index contributed by atoms with van der Waals surface area (Å²) in [7, 11) is 0. The van der Waals surface area contributed by atoms with Crippen LogP contribution in [0, 0.1) is 6.92 Å². The van der Waals surface area contributed by atoms with Crippen LogP contribution in [0.1, 0.15) is 18.1 Å². The van der Waals surface area contributed by atoms with Crippen molar-refractivity contribution in [3.8, 4) is 28.5 Å². The van der Waals surface area contributed by atoms with E-state index in [0.717, 1.165) is 56.2 Å². The van der Waals surface area contributed by atoms with Crippen LogP contribution in [0.3, 0.4) is 0 Å². The third-order valence-corrected chi connectivity index (χ3v) is 7.58. The van der Waals surface area contributed by atoms with Crippen LogP contribution in [0.25, 0.3) is 50.3 Å². The van der Waals surface area contributed by atoms with Crippen LogP contribution in [0.4, 0.5) is 5.69 Å². The molecule has 0 radical (unpaired) electrons. The minimum atomic E-state index is 0.694. The highest BCUT2D eigenvalue weighted by molar-refractivity contribution is 6.11. The molecule has 0 N–H and O–H groups in total. The second-order valence-corrected chi connectivity index (χ2v) is 10.2. The number of hydrogen-bond acceptors (Lipinski definition) is 3. The molecule has 196 valence electrons. The molecule has 0 fully saturated rings. The topological polar surface area (TPSA) is 43.1 Å². The summed E-state index contributed by atoms with van der Waals surface area (Å²) in [6.07, 6.45) is 0. The molecule has 0 saturated heterocycles. The van der Waals surface area contributed by atoms with Crippen molar-refractivity contribution >= 4 is 33.2 Å². The Morgan fingerprint density at radius 2 is 1.27 bits per heavy atom. The predicted molar refractivity (Wildman–Crippen MR) is 170 cm³/mol. The number of aryl methyl sites for hydroxylation is 1. The first-order valence-electron chi connectivity index (χ1n) is 13.8. The fourth-order valence-electron chi connectivity index (χ4n) is 5.52. The van der Waals surface area contributed by atoms with Crippen molar-refractivity contribution in [2.75, 3.05) is 0 Å². The Kier molecular flexibility index (Phi) is 6.21. The van der Waals surface area contributed by atoms with Crippen molar-refractivity contribution in [2.45, 2.75) is 13.8 Å². The maximum absolute atomic E-state index is 5.17. The van der Waals surface area contributed by atoms with Gasteiger partial charge in [-0.1, -0.05) is 115 Å². The quantitative estimate of drug-likeness (QED) is 0.209. The smallest absolute Gasteiger partial charge is 0.162 e. The van der Waals surface area contributed by atoms with Crippen LogP contribution in [-0.2, 0) is 0 Å². The molecule has 7 rings (SSSR count). The Balaban J connectivity index is 1.52. The van der Waals surface area contributed by atoms with Gasteiger partial charge in [0.1, 0.15) is 5.82 Å². The van der Waals surface area contributed by atoms with Crippen molar-refractivity contribution in [3.05, 3.63) is 145 Å². The van der Waals surface area contributed by atoms with Gasteiger partial charge in [-0.05, 0) is 37.1 Å². The minimum absolute atomic E-state index is 0.694. The number of aliphatic imine (C=N–C) groups is 1. The molecule has 0 atom stereocenters. The normalized spacial score (nSPS) is 11.8. The van der Waals surface area contributed by atoms with Crippen LogP contribution < -0.4 is 0 Å². The summed E-state index contributed by atoms with van der Waals surface area (Å²) in [5.41, 5.74) is 9.26. The molecule has 0 aliphatic rings. The number of hydrogen-bond donors (Lipinski definition) is 0. The Hall–Kier alpha value is -5.35. The van der Waals surface area contributed by atoms with Gasteiger partial charge in [-0.2, -0.15) is 0 Å². The first-order chi connectivity index (χ1) is 20.2. The Morgan fingerprint density at radius 3 is 2.00 bits per heavy atom. The van der Waals surface area contributed by atoms with Gasteiger partial charge in [-0.15, -0.1) is 0 Å². The summed E-state index contributed by atoms with van der Waals surface area (Å²) in [5.74, 6) is 1.52. The lowest BCUT2D eigenvalue weighted by Gasteiger charge is -2.14. The number of benzene rings is 5. The molecular formula is C37H28N4. The Labute approximate surface area is 239 Å². The summed E-state index contributed by atoms with van der Waals surface area (Å²) < 4.78 is 2.28. The molecule has 0 spiro atoms. The van der Waals surface area contributed by atoms with E-state index in [4.69, 9.17) is 15.0 Å². The van der Waals surface area contributed by atoms with Gasteiger partial charge < -0.3 is 0 Å². The average molecular weight is 529 g/mol. The zero-order valence-corrected chi connectivity index (χ0v) is 23.0. The van der Waals surface area contributed by atoms with Gasteiger partial charge >= 0.3 is 0 Å². The maximum Gasteiger partial charge on any atom is 0.162 e. The molecule has 0 aliphatic carbocycles. The summed E-state index contributed by atoms with van der Waals surface area (Å²) >= 11 is 0. The van der Waals surface area contributed by atoms with Gasteiger partial charge in [0, 0.05) is 33.7 Å². The van der Waals surface area contributed by atoms with E-state index in [1.165, 1.54) is 10.8 Å². The molecule has 5 aromatic carbocycles. The molecule has 7 aromatic rings. The molecule has 4 heteroatoms. The van der Waals surface area contributed by atoms with E-state index in [2.05, 4.69) is 97.3 Å². The van der Waals surface area contributed by atoms with E-state index in [-0.39, 0.29) is 0 Å². The van der Waals surface area contributed by atoms with E-state index in [0.29, 0.717) is 5.82 Å². The summed E-state index contributed by atoms with van der Waals surface area (Å²) in [5, 5.41) is 2.36. The fraction of sp³-hybridized carbons (Fsp3) is 0.0541. The lowest BCUT2D eigenvalue weighted by molar-refractivity contribution is 1.04. The van der Waals surface area contributed by atoms with E-state index >= 15 is 0 Å². The highest BCUT2D eigenvalue weighted by Crippen LogP contribution is 2.38. The van der Waals surface area contributed by atoms with Crippen LogP contribution in [-0.4, -0.2) is 20.2 Å². The van der Waals surface area contributed by atoms with Crippen molar-refractivity contribution in [1.29, 1.82) is 0 Å². The zero-order chi connectivity index (χ0) is 27.8. The maximum atomic E-state index is 5.17. The minimum Gasteiger partial charge on any atom is -0.293 e. The largest absolute Gasteiger partial charge is 0.293 e. The zero-order valence-electron chi connectivity index (χ0n) is 23.0. The molecule has 2 aromatic heterocycles. The second kappa shape index (κ2) is 10.3. The van der Waals surface area contributed by atoms with Gasteiger partial charge in [-0.3, -0.25) is 9.56 Å². The van der Waals surface area contributed by atoms with Gasteiger partial charge in [-0.25, -0.2) is 9.97 Å². The van der Waals surface area contributed by atoms with Gasteiger partial charge in [0.15, 0.2) is 5.82 Å². The SMILES string of the molecule is CC(=Nc1ccc2c3ccccc3n(-c3cc(-c4ccccc4)nc(-c4ccccc4)n3)c2c1C)c1ccccc1. The highest BCUT2D eigenvalue weighted by Gasteiger charge is 2.19. The van der Waals surface area contributed by atoms with E-state index in [1.807, 2.05) is 54.6 Å². The predicted octanol–water partition coefficient (Wildman–Crippen LogP) is 9.36. The summed E-state index contributed by atoms with van der Waals surface area (Å²) in [6, 6.07) is 45.8. The third-order valence-electron chi connectivity index (χ3n) is 7.58. The van der Waals surface area contributed by atoms with Gasteiger partial charge in [0.05, 0.1) is 22.4 Å². The lowest BCUT2D eigenvalue weighted by atomic mass is 10.1. The molecule has 2 heterocycles. The second-order valence-electron chi connectivity index (χ2n) is 10.2. The molecule has 4 nitrogen and oxygen atoms in total. The first kappa shape index (κ1) is 24.7. The number of aromatic nitrogens is 3. The number of rotatable bonds is 5. The first-order valence-corrected chi connectivity index (χ1v) is 13.8.